The van der Waals surface area contributed by atoms with Crippen LogP contribution in [-0.4, -0.2) is 47.1 Å². The third-order valence-electron chi connectivity index (χ3n) is 2.58. The summed E-state index contributed by atoms with van der Waals surface area (Å²) in [4.78, 5) is 21.3. The van der Waals surface area contributed by atoms with Crippen LogP contribution in [0.4, 0.5) is 0 Å². The number of carbonyl (C=O) groups excluding carboxylic acids is 1. The van der Waals surface area contributed by atoms with Gasteiger partial charge in [0, 0.05) is 31.0 Å². The fraction of sp³-hybridized carbons (Fsp3) is 0.500. The van der Waals surface area contributed by atoms with Gasteiger partial charge in [0.1, 0.15) is 12.4 Å². The van der Waals surface area contributed by atoms with E-state index in [1.807, 2.05) is 4.90 Å². The molecule has 0 aliphatic carbocycles. The SMILES string of the molecule is NC(=O)C(c1cncnc1)N1CCOCC1. The van der Waals surface area contributed by atoms with Crippen LogP contribution >= 0.6 is 0 Å². The van der Waals surface area contributed by atoms with Crippen LogP contribution in [0.2, 0.25) is 0 Å². The third kappa shape index (κ3) is 2.34. The predicted molar refractivity (Wildman–Crippen MR) is 56.4 cm³/mol. The smallest absolute Gasteiger partial charge is 0.239 e. The topological polar surface area (TPSA) is 81.3 Å². The van der Waals surface area contributed by atoms with Crippen molar-refractivity contribution in [1.82, 2.24) is 14.9 Å². The molecule has 0 spiro atoms. The second-order valence-electron chi connectivity index (χ2n) is 3.63. The largest absolute Gasteiger partial charge is 0.379 e. The highest BCUT2D eigenvalue weighted by Gasteiger charge is 2.27. The molecule has 1 aliphatic rings. The number of amides is 1. The number of hydrogen-bond acceptors (Lipinski definition) is 5. The monoisotopic (exact) mass is 222 g/mol. The summed E-state index contributed by atoms with van der Waals surface area (Å²) in [5, 5.41) is 0. The Morgan fingerprint density at radius 3 is 2.56 bits per heavy atom. The minimum absolute atomic E-state index is 0.378. The molecule has 1 aliphatic heterocycles. The summed E-state index contributed by atoms with van der Waals surface area (Å²) < 4.78 is 5.24. The third-order valence-corrected chi connectivity index (χ3v) is 2.58. The minimum atomic E-state index is -0.454. The van der Waals surface area contributed by atoms with Gasteiger partial charge >= 0.3 is 0 Å². The number of ether oxygens (including phenoxy) is 1. The maximum Gasteiger partial charge on any atom is 0.239 e. The van der Waals surface area contributed by atoms with Crippen molar-refractivity contribution in [3.05, 3.63) is 24.3 Å². The number of morpholine rings is 1. The Balaban J connectivity index is 2.20. The van der Waals surface area contributed by atoms with Gasteiger partial charge in [-0.25, -0.2) is 9.97 Å². The van der Waals surface area contributed by atoms with Crippen LogP contribution in [0.25, 0.3) is 0 Å². The molecule has 2 N–H and O–H groups in total. The van der Waals surface area contributed by atoms with Crippen LogP contribution in [0.3, 0.4) is 0 Å². The molecule has 6 nitrogen and oxygen atoms in total. The molecule has 1 fully saturated rings. The van der Waals surface area contributed by atoms with Crippen LogP contribution < -0.4 is 5.73 Å². The van der Waals surface area contributed by atoms with Gasteiger partial charge in [-0.3, -0.25) is 9.69 Å². The van der Waals surface area contributed by atoms with E-state index in [1.54, 1.807) is 12.4 Å². The highest BCUT2D eigenvalue weighted by molar-refractivity contribution is 5.81. The Morgan fingerprint density at radius 1 is 1.38 bits per heavy atom. The zero-order valence-electron chi connectivity index (χ0n) is 8.87. The summed E-state index contributed by atoms with van der Waals surface area (Å²) in [5.74, 6) is -0.378. The molecular formula is C10H14N4O2. The van der Waals surface area contributed by atoms with Crippen molar-refractivity contribution in [2.75, 3.05) is 26.3 Å². The first-order valence-electron chi connectivity index (χ1n) is 5.15. The van der Waals surface area contributed by atoms with Crippen molar-refractivity contribution in [3.8, 4) is 0 Å². The first-order chi connectivity index (χ1) is 7.79. The molecule has 1 unspecified atom stereocenters. The Morgan fingerprint density at radius 2 is 2.00 bits per heavy atom. The van der Waals surface area contributed by atoms with Crippen molar-refractivity contribution in [2.24, 2.45) is 5.73 Å². The highest BCUT2D eigenvalue weighted by Crippen LogP contribution is 2.19. The number of primary amides is 1. The predicted octanol–water partition coefficient (Wildman–Crippen LogP) is -0.665. The van der Waals surface area contributed by atoms with E-state index in [1.165, 1.54) is 6.33 Å². The Labute approximate surface area is 93.4 Å². The molecule has 1 saturated heterocycles. The Hall–Kier alpha value is -1.53. The number of rotatable bonds is 3. The molecule has 2 rings (SSSR count). The van der Waals surface area contributed by atoms with Crippen molar-refractivity contribution in [3.63, 3.8) is 0 Å². The van der Waals surface area contributed by atoms with Crippen molar-refractivity contribution < 1.29 is 9.53 Å². The van der Waals surface area contributed by atoms with Gasteiger partial charge in [0.05, 0.1) is 13.2 Å². The molecule has 16 heavy (non-hydrogen) atoms. The van der Waals surface area contributed by atoms with Gasteiger partial charge in [-0.05, 0) is 0 Å². The lowest BCUT2D eigenvalue weighted by Crippen LogP contribution is -2.44. The number of aromatic nitrogens is 2. The van der Waals surface area contributed by atoms with Gasteiger partial charge in [0.25, 0.3) is 0 Å². The van der Waals surface area contributed by atoms with Gasteiger partial charge in [-0.2, -0.15) is 0 Å². The molecule has 86 valence electrons. The summed E-state index contributed by atoms with van der Waals surface area (Å²) in [5.41, 5.74) is 6.16. The molecule has 1 amide bonds. The van der Waals surface area contributed by atoms with E-state index < -0.39 is 6.04 Å². The zero-order valence-corrected chi connectivity index (χ0v) is 8.87. The molecule has 1 atom stereocenters. The molecule has 1 aromatic heterocycles. The maximum absolute atomic E-state index is 11.5. The quantitative estimate of drug-likeness (QED) is 0.734. The Bertz CT molecular complexity index is 351. The molecule has 6 heteroatoms. The number of hydrogen-bond donors (Lipinski definition) is 1. The van der Waals surface area contributed by atoms with Crippen LogP contribution in [0, 0.1) is 0 Å². The molecule has 0 bridgehead atoms. The second-order valence-corrected chi connectivity index (χ2v) is 3.63. The van der Waals surface area contributed by atoms with E-state index in [-0.39, 0.29) is 5.91 Å². The highest BCUT2D eigenvalue weighted by atomic mass is 16.5. The summed E-state index contributed by atoms with van der Waals surface area (Å²) >= 11 is 0. The van der Waals surface area contributed by atoms with E-state index >= 15 is 0 Å². The first-order valence-corrected chi connectivity index (χ1v) is 5.15. The molecular weight excluding hydrogens is 208 g/mol. The van der Waals surface area contributed by atoms with E-state index in [0.29, 0.717) is 26.3 Å². The average Bonchev–Trinajstić information content (AvgIpc) is 2.31. The summed E-state index contributed by atoms with van der Waals surface area (Å²) in [7, 11) is 0. The molecule has 0 radical (unpaired) electrons. The van der Waals surface area contributed by atoms with Gasteiger partial charge in [-0.15, -0.1) is 0 Å². The molecule has 2 heterocycles. The Kier molecular flexibility index (Phi) is 3.43. The summed E-state index contributed by atoms with van der Waals surface area (Å²) in [6.45, 7) is 2.64. The van der Waals surface area contributed by atoms with Crippen LogP contribution in [-0.2, 0) is 9.53 Å². The standard InChI is InChI=1S/C10H14N4O2/c11-10(15)9(8-5-12-7-13-6-8)14-1-3-16-4-2-14/h5-7,9H,1-4H2,(H2,11,15). The summed E-state index contributed by atoms with van der Waals surface area (Å²) in [6, 6.07) is -0.454. The fourth-order valence-electron chi connectivity index (χ4n) is 1.84. The number of nitrogens with two attached hydrogens (primary N) is 1. The van der Waals surface area contributed by atoms with E-state index in [2.05, 4.69) is 9.97 Å². The van der Waals surface area contributed by atoms with Crippen LogP contribution in [0.5, 0.6) is 0 Å². The second kappa shape index (κ2) is 5.00. The molecule has 1 aromatic rings. The van der Waals surface area contributed by atoms with Gasteiger partial charge in [0.2, 0.25) is 5.91 Å². The maximum atomic E-state index is 11.5. The fourth-order valence-corrected chi connectivity index (χ4v) is 1.84. The van der Waals surface area contributed by atoms with Crippen LogP contribution in [0.1, 0.15) is 11.6 Å². The summed E-state index contributed by atoms with van der Waals surface area (Å²) in [6.07, 6.45) is 4.68. The number of carbonyl (C=O) groups is 1. The van der Waals surface area contributed by atoms with Crippen LogP contribution in [0.15, 0.2) is 18.7 Å². The van der Waals surface area contributed by atoms with Crippen molar-refractivity contribution >= 4 is 5.91 Å². The van der Waals surface area contributed by atoms with Gasteiger partial charge in [0.15, 0.2) is 0 Å². The molecule has 0 aromatic carbocycles. The number of nitrogens with zero attached hydrogens (tertiary/aromatic N) is 3. The minimum Gasteiger partial charge on any atom is -0.379 e. The van der Waals surface area contributed by atoms with E-state index in [4.69, 9.17) is 10.5 Å². The first kappa shape index (κ1) is 11.0. The average molecular weight is 222 g/mol. The van der Waals surface area contributed by atoms with Crippen molar-refractivity contribution in [2.45, 2.75) is 6.04 Å². The lowest BCUT2D eigenvalue weighted by molar-refractivity contribution is -0.125. The van der Waals surface area contributed by atoms with Gasteiger partial charge in [-0.1, -0.05) is 0 Å². The normalized spacial score (nSPS) is 19.2. The van der Waals surface area contributed by atoms with Crippen molar-refractivity contribution in [1.29, 1.82) is 0 Å². The lowest BCUT2D eigenvalue weighted by atomic mass is 10.1. The molecule has 0 saturated carbocycles. The van der Waals surface area contributed by atoms with E-state index in [9.17, 15) is 4.79 Å². The zero-order chi connectivity index (χ0) is 11.4. The van der Waals surface area contributed by atoms with Gasteiger partial charge < -0.3 is 10.5 Å². The van der Waals surface area contributed by atoms with E-state index in [0.717, 1.165) is 5.56 Å². The lowest BCUT2D eigenvalue weighted by Gasteiger charge is -2.32.